The number of nitrogens with zero attached hydrogens (tertiary/aromatic N) is 2. The van der Waals surface area contributed by atoms with Gasteiger partial charge in [0.25, 0.3) is 0 Å². The summed E-state index contributed by atoms with van der Waals surface area (Å²) in [6.45, 7) is 2.50. The highest BCUT2D eigenvalue weighted by Gasteiger charge is 2.55. The Hall–Kier alpha value is -2.73. The lowest BCUT2D eigenvalue weighted by Crippen LogP contribution is -2.44. The van der Waals surface area contributed by atoms with Crippen LogP contribution in [0.3, 0.4) is 0 Å². The molecule has 3 aliphatic rings. The zero-order valence-electron chi connectivity index (χ0n) is 18.4. The maximum absolute atomic E-state index is 13.7. The summed E-state index contributed by atoms with van der Waals surface area (Å²) in [5.41, 5.74) is 9.58. The molecule has 5 rings (SSSR count). The SMILES string of the molecule is COc1ccc(CN2C(=O)C3(CCC3)c3cc(N)cc(OC4CCCN(C)C4)c32)cc1. The molecule has 1 unspecified atom stereocenters. The molecule has 1 atom stereocenters. The van der Waals surface area contributed by atoms with Crippen molar-refractivity contribution < 1.29 is 14.3 Å². The van der Waals surface area contributed by atoms with Gasteiger partial charge in [-0.1, -0.05) is 18.6 Å². The molecule has 2 fully saturated rings. The average molecular weight is 422 g/mol. The van der Waals surface area contributed by atoms with Crippen LogP contribution in [0.15, 0.2) is 36.4 Å². The van der Waals surface area contributed by atoms with Crippen molar-refractivity contribution in [1.82, 2.24) is 4.90 Å². The van der Waals surface area contributed by atoms with Gasteiger partial charge < -0.3 is 25.0 Å². The van der Waals surface area contributed by atoms with E-state index in [0.717, 1.165) is 73.5 Å². The van der Waals surface area contributed by atoms with Crippen LogP contribution in [-0.4, -0.2) is 44.2 Å². The fraction of sp³-hybridized carbons (Fsp3) is 0.480. The van der Waals surface area contributed by atoms with Crippen LogP contribution < -0.4 is 20.1 Å². The Morgan fingerprint density at radius 2 is 1.94 bits per heavy atom. The van der Waals surface area contributed by atoms with Gasteiger partial charge in [0.15, 0.2) is 0 Å². The van der Waals surface area contributed by atoms with E-state index in [0.29, 0.717) is 12.2 Å². The Morgan fingerprint density at radius 3 is 2.58 bits per heavy atom. The second-order valence-electron chi connectivity index (χ2n) is 9.23. The molecule has 0 aromatic heterocycles. The molecule has 0 radical (unpaired) electrons. The van der Waals surface area contributed by atoms with Crippen molar-refractivity contribution in [1.29, 1.82) is 0 Å². The predicted octanol–water partition coefficient (Wildman–Crippen LogP) is 3.72. The number of benzene rings is 2. The highest BCUT2D eigenvalue weighted by molar-refractivity contribution is 6.10. The molecule has 0 bridgehead atoms. The number of carbonyl (C=O) groups is 1. The molecule has 2 aromatic rings. The Kier molecular flexibility index (Phi) is 5.05. The Morgan fingerprint density at radius 1 is 1.16 bits per heavy atom. The number of hydrogen-bond donors (Lipinski definition) is 1. The molecule has 2 heterocycles. The monoisotopic (exact) mass is 421 g/mol. The lowest BCUT2D eigenvalue weighted by molar-refractivity contribution is -0.126. The zero-order valence-corrected chi connectivity index (χ0v) is 18.4. The summed E-state index contributed by atoms with van der Waals surface area (Å²) in [5.74, 6) is 1.74. The van der Waals surface area contributed by atoms with Gasteiger partial charge in [0.05, 0.1) is 24.8 Å². The number of nitrogens with two attached hydrogens (primary N) is 1. The number of anilines is 2. The largest absolute Gasteiger partial charge is 0.497 e. The van der Waals surface area contributed by atoms with E-state index in [2.05, 4.69) is 11.9 Å². The smallest absolute Gasteiger partial charge is 0.238 e. The van der Waals surface area contributed by atoms with Gasteiger partial charge in [0, 0.05) is 18.3 Å². The number of amides is 1. The van der Waals surface area contributed by atoms with Gasteiger partial charge in [-0.15, -0.1) is 0 Å². The van der Waals surface area contributed by atoms with Crippen molar-refractivity contribution >= 4 is 17.3 Å². The van der Waals surface area contributed by atoms with E-state index in [1.54, 1.807) is 7.11 Å². The van der Waals surface area contributed by atoms with Crippen LogP contribution in [-0.2, 0) is 16.8 Å². The average Bonchev–Trinajstić information content (AvgIpc) is 2.96. The van der Waals surface area contributed by atoms with E-state index in [1.807, 2.05) is 41.3 Å². The molecule has 164 valence electrons. The van der Waals surface area contributed by atoms with E-state index >= 15 is 0 Å². The molecule has 1 amide bonds. The van der Waals surface area contributed by atoms with Gasteiger partial charge in [0.1, 0.15) is 17.6 Å². The molecule has 1 saturated carbocycles. The number of ether oxygens (including phenoxy) is 2. The summed E-state index contributed by atoms with van der Waals surface area (Å²) in [6.07, 6.45) is 5.08. The first-order valence-electron chi connectivity index (χ1n) is 11.2. The number of likely N-dealkylation sites (tertiary alicyclic amines) is 1. The Balaban J connectivity index is 1.52. The normalized spacial score (nSPS) is 22.3. The van der Waals surface area contributed by atoms with Crippen molar-refractivity contribution in [2.24, 2.45) is 0 Å². The van der Waals surface area contributed by atoms with Gasteiger partial charge in [0.2, 0.25) is 5.91 Å². The highest BCUT2D eigenvalue weighted by Crippen LogP contribution is 2.57. The number of rotatable bonds is 5. The number of carbonyl (C=O) groups excluding carboxylic acids is 1. The fourth-order valence-electron chi connectivity index (χ4n) is 5.31. The number of hydrogen-bond acceptors (Lipinski definition) is 5. The topological polar surface area (TPSA) is 68.0 Å². The molecule has 1 spiro atoms. The quantitative estimate of drug-likeness (QED) is 0.746. The van der Waals surface area contributed by atoms with Crippen LogP contribution >= 0.6 is 0 Å². The molecule has 6 nitrogen and oxygen atoms in total. The predicted molar refractivity (Wildman–Crippen MR) is 122 cm³/mol. The maximum atomic E-state index is 13.7. The minimum absolute atomic E-state index is 0.112. The summed E-state index contributed by atoms with van der Waals surface area (Å²) in [5, 5.41) is 0. The van der Waals surface area contributed by atoms with Crippen LogP contribution in [0, 0.1) is 0 Å². The van der Waals surface area contributed by atoms with E-state index in [4.69, 9.17) is 15.2 Å². The van der Waals surface area contributed by atoms with Gasteiger partial charge in [-0.05, 0) is 68.6 Å². The molecular formula is C25H31N3O3. The molecule has 31 heavy (non-hydrogen) atoms. The number of nitrogen functional groups attached to an aromatic ring is 1. The molecule has 1 saturated heterocycles. The van der Waals surface area contributed by atoms with E-state index < -0.39 is 5.41 Å². The summed E-state index contributed by atoms with van der Waals surface area (Å²) in [6, 6.07) is 11.8. The van der Waals surface area contributed by atoms with Crippen LogP contribution in [0.1, 0.15) is 43.2 Å². The van der Waals surface area contributed by atoms with E-state index in [-0.39, 0.29) is 12.0 Å². The molecule has 1 aliphatic carbocycles. The summed E-state index contributed by atoms with van der Waals surface area (Å²) in [7, 11) is 3.79. The van der Waals surface area contributed by atoms with Crippen LogP contribution in [0.4, 0.5) is 11.4 Å². The fourth-order valence-corrected chi connectivity index (χ4v) is 5.31. The van der Waals surface area contributed by atoms with Crippen LogP contribution in [0.25, 0.3) is 0 Å². The lowest BCUT2D eigenvalue weighted by Gasteiger charge is -2.37. The van der Waals surface area contributed by atoms with Crippen LogP contribution in [0.5, 0.6) is 11.5 Å². The third kappa shape index (κ3) is 3.43. The number of fused-ring (bicyclic) bond motifs is 2. The van der Waals surface area contributed by atoms with Crippen LogP contribution in [0.2, 0.25) is 0 Å². The highest BCUT2D eigenvalue weighted by atomic mass is 16.5. The van der Waals surface area contributed by atoms with Gasteiger partial charge >= 0.3 is 0 Å². The molecule has 2 aromatic carbocycles. The minimum Gasteiger partial charge on any atom is -0.497 e. The maximum Gasteiger partial charge on any atom is 0.238 e. The lowest BCUT2D eigenvalue weighted by atomic mass is 9.65. The second kappa shape index (κ2) is 7.75. The Bertz CT molecular complexity index is 984. The third-order valence-corrected chi connectivity index (χ3v) is 7.12. The first-order chi connectivity index (χ1) is 15.0. The van der Waals surface area contributed by atoms with Crippen molar-refractivity contribution in [2.45, 2.75) is 50.2 Å². The summed E-state index contributed by atoms with van der Waals surface area (Å²) < 4.78 is 11.8. The first-order valence-corrected chi connectivity index (χ1v) is 11.2. The molecular weight excluding hydrogens is 390 g/mol. The van der Waals surface area contributed by atoms with Gasteiger partial charge in [-0.3, -0.25) is 4.79 Å². The van der Waals surface area contributed by atoms with Gasteiger partial charge in [-0.25, -0.2) is 0 Å². The van der Waals surface area contributed by atoms with Crippen molar-refractivity contribution in [3.8, 4) is 11.5 Å². The minimum atomic E-state index is -0.432. The van der Waals surface area contributed by atoms with Gasteiger partial charge in [-0.2, -0.15) is 0 Å². The third-order valence-electron chi connectivity index (χ3n) is 7.12. The molecule has 2 N–H and O–H groups in total. The Labute approximate surface area is 183 Å². The first kappa shape index (κ1) is 20.2. The summed E-state index contributed by atoms with van der Waals surface area (Å²) >= 11 is 0. The number of methoxy groups -OCH3 is 1. The second-order valence-corrected chi connectivity index (χ2v) is 9.23. The molecule has 2 aliphatic heterocycles. The number of likely N-dealkylation sites (N-methyl/N-ethyl adjacent to an activating group) is 1. The standard InChI is InChI=1S/C25H31N3O3/c1-27-12-3-5-20(16-27)31-22-14-18(26)13-21-23(22)28(24(29)25(21)10-4-11-25)15-17-6-8-19(30-2)9-7-17/h6-9,13-14,20H,3-5,10-12,15-16,26H2,1-2H3. The van der Waals surface area contributed by atoms with E-state index in [1.165, 1.54) is 0 Å². The zero-order chi connectivity index (χ0) is 21.6. The van der Waals surface area contributed by atoms with Crippen molar-refractivity contribution in [2.75, 3.05) is 37.9 Å². The molecule has 6 heteroatoms. The number of piperidine rings is 1. The van der Waals surface area contributed by atoms with Crippen molar-refractivity contribution in [3.05, 3.63) is 47.5 Å². The summed E-state index contributed by atoms with van der Waals surface area (Å²) in [4.78, 5) is 17.9. The van der Waals surface area contributed by atoms with Crippen molar-refractivity contribution in [3.63, 3.8) is 0 Å². The van der Waals surface area contributed by atoms with E-state index in [9.17, 15) is 4.79 Å².